The summed E-state index contributed by atoms with van der Waals surface area (Å²) in [5.74, 6) is 0.620. The fourth-order valence-corrected chi connectivity index (χ4v) is 3.08. The molecule has 3 rings (SSSR count). The van der Waals surface area contributed by atoms with Gasteiger partial charge in [0.2, 0.25) is 5.91 Å². The van der Waals surface area contributed by atoms with E-state index >= 15 is 0 Å². The molecule has 1 N–H and O–H groups in total. The first-order valence-electron chi connectivity index (χ1n) is 7.92. The standard InChI is InChI=1S/C20H21NO/c22-20(21-19-9-5-2-6-10-19)15-16-11-13-18(14-12-16)17-7-3-1-4-8-17/h1-10,15,18H,11-14H2,(H,21,22). The van der Waals surface area contributed by atoms with Gasteiger partial charge in [-0.1, -0.05) is 54.1 Å². The molecule has 2 heteroatoms. The van der Waals surface area contributed by atoms with Crippen molar-refractivity contribution in [1.82, 2.24) is 0 Å². The van der Waals surface area contributed by atoms with Crippen LogP contribution in [-0.4, -0.2) is 5.91 Å². The number of rotatable bonds is 3. The molecular formula is C20H21NO. The summed E-state index contributed by atoms with van der Waals surface area (Å²) in [7, 11) is 0. The molecule has 0 aromatic heterocycles. The number of hydrogen-bond donors (Lipinski definition) is 1. The van der Waals surface area contributed by atoms with Crippen molar-refractivity contribution >= 4 is 11.6 Å². The van der Waals surface area contributed by atoms with Crippen LogP contribution in [0.25, 0.3) is 0 Å². The molecule has 0 radical (unpaired) electrons. The predicted octanol–water partition coefficient (Wildman–Crippen LogP) is 4.91. The van der Waals surface area contributed by atoms with Crippen molar-refractivity contribution in [3.8, 4) is 0 Å². The Balaban J connectivity index is 1.55. The Bertz CT molecular complexity index is 636. The lowest BCUT2D eigenvalue weighted by molar-refractivity contribution is -0.112. The molecule has 0 aliphatic heterocycles. The molecular weight excluding hydrogens is 270 g/mol. The van der Waals surface area contributed by atoms with E-state index in [4.69, 9.17) is 0 Å². The highest BCUT2D eigenvalue weighted by molar-refractivity contribution is 5.99. The van der Waals surface area contributed by atoms with Crippen molar-refractivity contribution in [2.45, 2.75) is 31.6 Å². The minimum absolute atomic E-state index is 0.0145. The van der Waals surface area contributed by atoms with Gasteiger partial charge < -0.3 is 5.32 Å². The summed E-state index contributed by atoms with van der Waals surface area (Å²) in [5, 5.41) is 2.92. The van der Waals surface area contributed by atoms with Gasteiger partial charge in [-0.3, -0.25) is 4.79 Å². The summed E-state index contributed by atoms with van der Waals surface area (Å²) in [6.45, 7) is 0. The molecule has 0 saturated heterocycles. The minimum atomic E-state index is -0.0145. The van der Waals surface area contributed by atoms with E-state index in [0.29, 0.717) is 5.92 Å². The molecule has 1 aliphatic carbocycles. The molecule has 22 heavy (non-hydrogen) atoms. The Kier molecular flexibility index (Phi) is 4.69. The van der Waals surface area contributed by atoms with Gasteiger partial charge in [0, 0.05) is 11.8 Å². The molecule has 1 aliphatic rings. The molecule has 1 saturated carbocycles. The molecule has 1 amide bonds. The summed E-state index contributed by atoms with van der Waals surface area (Å²) in [6, 6.07) is 20.3. The number of nitrogens with one attached hydrogen (secondary N) is 1. The molecule has 2 aromatic rings. The number of allylic oxidation sites excluding steroid dienone is 1. The number of benzene rings is 2. The number of carbonyl (C=O) groups excluding carboxylic acids is 1. The summed E-state index contributed by atoms with van der Waals surface area (Å²) >= 11 is 0. The maximum absolute atomic E-state index is 12.0. The average Bonchev–Trinajstić information content (AvgIpc) is 2.57. The molecule has 0 bridgehead atoms. The van der Waals surface area contributed by atoms with Crippen molar-refractivity contribution < 1.29 is 4.79 Å². The van der Waals surface area contributed by atoms with Crippen LogP contribution in [0.5, 0.6) is 0 Å². The number of carbonyl (C=O) groups is 1. The van der Waals surface area contributed by atoms with Crippen LogP contribution in [0.1, 0.15) is 37.2 Å². The van der Waals surface area contributed by atoms with Crippen LogP contribution in [0.4, 0.5) is 5.69 Å². The quantitative estimate of drug-likeness (QED) is 0.800. The third kappa shape index (κ3) is 3.85. The van der Waals surface area contributed by atoms with E-state index in [9.17, 15) is 4.79 Å². The lowest BCUT2D eigenvalue weighted by Crippen LogP contribution is -2.12. The second-order valence-electron chi connectivity index (χ2n) is 5.84. The highest BCUT2D eigenvalue weighted by Gasteiger charge is 2.18. The summed E-state index contributed by atoms with van der Waals surface area (Å²) in [5.41, 5.74) is 3.54. The number of para-hydroxylation sites is 1. The highest BCUT2D eigenvalue weighted by atomic mass is 16.1. The third-order valence-corrected chi connectivity index (χ3v) is 4.28. The van der Waals surface area contributed by atoms with Crippen LogP contribution >= 0.6 is 0 Å². The van der Waals surface area contributed by atoms with Crippen LogP contribution in [0.15, 0.2) is 72.3 Å². The minimum Gasteiger partial charge on any atom is -0.323 e. The van der Waals surface area contributed by atoms with Crippen molar-refractivity contribution in [3.63, 3.8) is 0 Å². The molecule has 0 heterocycles. The van der Waals surface area contributed by atoms with Gasteiger partial charge in [-0.2, -0.15) is 0 Å². The number of anilines is 1. The number of hydrogen-bond acceptors (Lipinski definition) is 1. The van der Waals surface area contributed by atoms with Crippen molar-refractivity contribution in [3.05, 3.63) is 77.9 Å². The SMILES string of the molecule is O=C(C=C1CCC(c2ccccc2)CC1)Nc1ccccc1. The second-order valence-corrected chi connectivity index (χ2v) is 5.84. The van der Waals surface area contributed by atoms with E-state index in [1.165, 1.54) is 11.1 Å². The molecule has 0 atom stereocenters. The maximum Gasteiger partial charge on any atom is 0.248 e. The fourth-order valence-electron chi connectivity index (χ4n) is 3.08. The molecule has 112 valence electrons. The van der Waals surface area contributed by atoms with Crippen LogP contribution in [0.2, 0.25) is 0 Å². The lowest BCUT2D eigenvalue weighted by Gasteiger charge is -2.24. The van der Waals surface area contributed by atoms with E-state index in [1.807, 2.05) is 30.3 Å². The normalized spacial score (nSPS) is 17.8. The summed E-state index contributed by atoms with van der Waals surface area (Å²) in [6.07, 6.45) is 6.08. The van der Waals surface area contributed by atoms with Gasteiger partial charge in [0.25, 0.3) is 0 Å². The lowest BCUT2D eigenvalue weighted by atomic mass is 9.81. The highest BCUT2D eigenvalue weighted by Crippen LogP contribution is 2.35. The van der Waals surface area contributed by atoms with Gasteiger partial charge >= 0.3 is 0 Å². The topological polar surface area (TPSA) is 29.1 Å². The second kappa shape index (κ2) is 7.08. The van der Waals surface area contributed by atoms with E-state index in [2.05, 4.69) is 35.6 Å². The van der Waals surface area contributed by atoms with Gasteiger partial charge in [0.1, 0.15) is 0 Å². The van der Waals surface area contributed by atoms with Crippen molar-refractivity contribution in [2.24, 2.45) is 0 Å². The zero-order valence-corrected chi connectivity index (χ0v) is 12.7. The Morgan fingerprint density at radius 1 is 0.909 bits per heavy atom. The Morgan fingerprint density at radius 3 is 2.14 bits per heavy atom. The van der Waals surface area contributed by atoms with Crippen LogP contribution in [0.3, 0.4) is 0 Å². The monoisotopic (exact) mass is 291 g/mol. The number of amides is 1. The fraction of sp³-hybridized carbons (Fsp3) is 0.250. The van der Waals surface area contributed by atoms with Gasteiger partial charge in [-0.25, -0.2) is 0 Å². The molecule has 0 spiro atoms. The molecule has 0 unspecified atom stereocenters. The predicted molar refractivity (Wildman–Crippen MR) is 90.8 cm³/mol. The van der Waals surface area contributed by atoms with E-state index in [0.717, 1.165) is 31.4 Å². The van der Waals surface area contributed by atoms with E-state index < -0.39 is 0 Å². The van der Waals surface area contributed by atoms with Gasteiger partial charge in [0.15, 0.2) is 0 Å². The first kappa shape index (κ1) is 14.6. The summed E-state index contributed by atoms with van der Waals surface area (Å²) in [4.78, 5) is 12.0. The zero-order valence-electron chi connectivity index (χ0n) is 12.7. The molecule has 1 fully saturated rings. The average molecular weight is 291 g/mol. The van der Waals surface area contributed by atoms with Crippen LogP contribution in [0, 0.1) is 0 Å². The zero-order chi connectivity index (χ0) is 15.2. The van der Waals surface area contributed by atoms with Crippen molar-refractivity contribution in [1.29, 1.82) is 0 Å². The Hall–Kier alpha value is -2.35. The molecule has 2 nitrogen and oxygen atoms in total. The third-order valence-electron chi connectivity index (χ3n) is 4.28. The Morgan fingerprint density at radius 2 is 1.50 bits per heavy atom. The van der Waals surface area contributed by atoms with Gasteiger partial charge in [0.05, 0.1) is 0 Å². The van der Waals surface area contributed by atoms with Crippen LogP contribution < -0.4 is 5.32 Å². The largest absolute Gasteiger partial charge is 0.323 e. The van der Waals surface area contributed by atoms with Gasteiger partial charge in [-0.15, -0.1) is 0 Å². The van der Waals surface area contributed by atoms with E-state index in [-0.39, 0.29) is 5.91 Å². The smallest absolute Gasteiger partial charge is 0.248 e. The Labute approximate surface area is 131 Å². The van der Waals surface area contributed by atoms with Crippen molar-refractivity contribution in [2.75, 3.05) is 5.32 Å². The van der Waals surface area contributed by atoms with E-state index in [1.54, 1.807) is 6.08 Å². The first-order valence-corrected chi connectivity index (χ1v) is 7.92. The van der Waals surface area contributed by atoms with Gasteiger partial charge in [-0.05, 0) is 49.3 Å². The van der Waals surface area contributed by atoms with Crippen LogP contribution in [-0.2, 0) is 4.79 Å². The molecule has 2 aromatic carbocycles. The summed E-state index contributed by atoms with van der Waals surface area (Å²) < 4.78 is 0. The first-order chi connectivity index (χ1) is 10.8. The maximum atomic E-state index is 12.0.